The van der Waals surface area contributed by atoms with E-state index in [4.69, 9.17) is 10.2 Å². The summed E-state index contributed by atoms with van der Waals surface area (Å²) in [6.45, 7) is 13.5. The van der Waals surface area contributed by atoms with Crippen molar-refractivity contribution >= 4 is 11.9 Å². The molecule has 0 bridgehead atoms. The van der Waals surface area contributed by atoms with Crippen LogP contribution in [0.1, 0.15) is 67.1 Å². The Kier molecular flexibility index (Phi) is 11.9. The second kappa shape index (κ2) is 11.7. The Labute approximate surface area is 162 Å². The number of hydrogen-bond donors (Lipinski definition) is 4. The van der Waals surface area contributed by atoms with Crippen LogP contribution in [0.5, 0.6) is 0 Å². The number of benzene rings is 1. The Morgan fingerprint density at radius 1 is 0.778 bits per heavy atom. The van der Waals surface area contributed by atoms with Crippen LogP contribution in [0.25, 0.3) is 0 Å². The van der Waals surface area contributed by atoms with Gasteiger partial charge in [-0.3, -0.25) is 9.59 Å². The fourth-order valence-electron chi connectivity index (χ4n) is 1.22. The zero-order chi connectivity index (χ0) is 22.0. The third-order valence-electron chi connectivity index (χ3n) is 3.68. The normalized spacial score (nSPS) is 14.4. The highest BCUT2D eigenvalue weighted by Crippen LogP contribution is 2.23. The van der Waals surface area contributed by atoms with E-state index >= 15 is 0 Å². The predicted molar refractivity (Wildman–Crippen MR) is 106 cm³/mol. The summed E-state index contributed by atoms with van der Waals surface area (Å²) in [4.78, 5) is 20.0. The molecule has 0 saturated carbocycles. The Morgan fingerprint density at radius 2 is 1.07 bits per heavy atom. The van der Waals surface area contributed by atoms with Crippen molar-refractivity contribution < 1.29 is 30.0 Å². The number of rotatable bonds is 3. The Balaban J connectivity index is 0. The monoisotopic (exact) mass is 384 g/mol. The highest BCUT2D eigenvalue weighted by atomic mass is 16.4. The second-order valence-corrected chi connectivity index (χ2v) is 8.57. The van der Waals surface area contributed by atoms with Crippen molar-refractivity contribution in [1.82, 2.24) is 0 Å². The van der Waals surface area contributed by atoms with Gasteiger partial charge in [0.25, 0.3) is 0 Å². The molecule has 1 aromatic carbocycles. The van der Waals surface area contributed by atoms with Crippen LogP contribution in [-0.2, 0) is 9.59 Å². The lowest BCUT2D eigenvalue weighted by Crippen LogP contribution is -2.20. The van der Waals surface area contributed by atoms with Crippen LogP contribution in [-0.4, -0.2) is 38.5 Å². The standard InChI is InChI=1S/C11H16O2.2C5H10O2/c1-8(9(2)12)11(13)10-6-4-3-5-7-10;2*1-5(2,3)4(6)7/h3-9,11-13H,1-2H3;2*1-3H3,(H,6,7). The molecule has 1 rings (SSSR count). The molecule has 6 nitrogen and oxygen atoms in total. The van der Waals surface area contributed by atoms with Gasteiger partial charge >= 0.3 is 11.9 Å². The number of hydrogen-bond acceptors (Lipinski definition) is 4. The molecule has 0 saturated heterocycles. The molecular weight excluding hydrogens is 348 g/mol. The number of aliphatic hydroxyl groups is 2. The summed E-state index contributed by atoms with van der Waals surface area (Å²) in [6.07, 6.45) is -1.07. The third kappa shape index (κ3) is 13.0. The number of aliphatic carboxylic acids is 2. The molecule has 0 aliphatic rings. The molecule has 0 amide bonds. The lowest BCUT2D eigenvalue weighted by atomic mass is 9.93. The van der Waals surface area contributed by atoms with Crippen molar-refractivity contribution in [3.05, 3.63) is 35.9 Å². The molecule has 6 heteroatoms. The van der Waals surface area contributed by atoms with Gasteiger partial charge in [0.1, 0.15) is 0 Å². The minimum atomic E-state index is -0.757. The smallest absolute Gasteiger partial charge is 0.308 e. The first-order chi connectivity index (χ1) is 12.0. The molecule has 0 fully saturated rings. The maximum absolute atomic E-state index is 10.0. The summed E-state index contributed by atoms with van der Waals surface area (Å²) in [6, 6.07) is 9.40. The van der Waals surface area contributed by atoms with Gasteiger partial charge in [-0.2, -0.15) is 0 Å². The van der Waals surface area contributed by atoms with Crippen LogP contribution in [0.15, 0.2) is 30.3 Å². The predicted octanol–water partition coefficient (Wildman–Crippen LogP) is 3.97. The second-order valence-electron chi connectivity index (χ2n) is 8.57. The summed E-state index contributed by atoms with van der Waals surface area (Å²) in [7, 11) is 0. The highest BCUT2D eigenvalue weighted by Gasteiger charge is 2.20. The average molecular weight is 385 g/mol. The van der Waals surface area contributed by atoms with E-state index in [0.29, 0.717) is 0 Å². The largest absolute Gasteiger partial charge is 0.481 e. The fourth-order valence-corrected chi connectivity index (χ4v) is 1.22. The molecule has 0 spiro atoms. The van der Waals surface area contributed by atoms with Gasteiger partial charge in [0, 0.05) is 5.92 Å². The average Bonchev–Trinajstić information content (AvgIpc) is 2.53. The quantitative estimate of drug-likeness (QED) is 0.627. The molecule has 0 radical (unpaired) electrons. The topological polar surface area (TPSA) is 115 Å². The minimum Gasteiger partial charge on any atom is -0.481 e. The summed E-state index contributed by atoms with van der Waals surface area (Å²) in [5, 5.41) is 35.6. The lowest BCUT2D eigenvalue weighted by molar-refractivity contribution is -0.146. The number of carboxylic acids is 2. The van der Waals surface area contributed by atoms with Crippen LogP contribution in [0.4, 0.5) is 0 Å². The molecule has 27 heavy (non-hydrogen) atoms. The van der Waals surface area contributed by atoms with Gasteiger partial charge < -0.3 is 20.4 Å². The summed E-state index contributed by atoms with van der Waals surface area (Å²) < 4.78 is 0. The Bertz CT molecular complexity index is 528. The van der Waals surface area contributed by atoms with Gasteiger partial charge in [0.15, 0.2) is 0 Å². The van der Waals surface area contributed by atoms with Gasteiger partial charge in [0.2, 0.25) is 0 Å². The first-order valence-corrected chi connectivity index (χ1v) is 8.89. The van der Waals surface area contributed by atoms with E-state index in [1.54, 1.807) is 48.5 Å². The number of carboxylic acid groups (broad SMARTS) is 2. The van der Waals surface area contributed by atoms with Gasteiger partial charge in [-0.05, 0) is 54.0 Å². The van der Waals surface area contributed by atoms with E-state index in [1.807, 2.05) is 37.3 Å². The zero-order valence-electron chi connectivity index (χ0n) is 17.7. The van der Waals surface area contributed by atoms with Crippen LogP contribution < -0.4 is 0 Å². The minimum absolute atomic E-state index is 0.137. The van der Waals surface area contributed by atoms with Crippen molar-refractivity contribution in [3.63, 3.8) is 0 Å². The SMILES string of the molecule is CC(C)(C)C(=O)O.CC(C)(C)C(=O)O.CC(O)C(C)C(O)c1ccccc1. The van der Waals surface area contributed by atoms with Gasteiger partial charge in [-0.25, -0.2) is 0 Å². The summed E-state index contributed by atoms with van der Waals surface area (Å²) in [5.74, 6) is -1.65. The molecule has 0 heterocycles. The van der Waals surface area contributed by atoms with E-state index < -0.39 is 35.0 Å². The first kappa shape index (κ1) is 27.3. The fraction of sp³-hybridized carbons (Fsp3) is 0.619. The molecule has 156 valence electrons. The maximum Gasteiger partial charge on any atom is 0.308 e. The number of aliphatic hydroxyl groups excluding tert-OH is 2. The lowest BCUT2D eigenvalue weighted by Gasteiger charge is -2.21. The third-order valence-corrected chi connectivity index (χ3v) is 3.68. The maximum atomic E-state index is 10.0. The molecule has 0 aliphatic carbocycles. The Morgan fingerprint density at radius 3 is 1.30 bits per heavy atom. The molecule has 1 aromatic rings. The van der Waals surface area contributed by atoms with Crippen molar-refractivity contribution in [2.24, 2.45) is 16.7 Å². The van der Waals surface area contributed by atoms with E-state index in [0.717, 1.165) is 5.56 Å². The van der Waals surface area contributed by atoms with Crippen molar-refractivity contribution in [2.75, 3.05) is 0 Å². The van der Waals surface area contributed by atoms with E-state index in [-0.39, 0.29) is 5.92 Å². The van der Waals surface area contributed by atoms with Crippen LogP contribution in [0, 0.1) is 16.7 Å². The van der Waals surface area contributed by atoms with Crippen molar-refractivity contribution in [2.45, 2.75) is 67.6 Å². The molecule has 3 unspecified atom stereocenters. The van der Waals surface area contributed by atoms with Gasteiger partial charge in [-0.15, -0.1) is 0 Å². The van der Waals surface area contributed by atoms with E-state index in [2.05, 4.69) is 0 Å². The zero-order valence-corrected chi connectivity index (χ0v) is 17.7. The molecular formula is C21H36O6. The molecule has 0 aliphatic heterocycles. The summed E-state index contributed by atoms with van der Waals surface area (Å²) >= 11 is 0. The van der Waals surface area contributed by atoms with Crippen LogP contribution >= 0.6 is 0 Å². The van der Waals surface area contributed by atoms with Crippen LogP contribution in [0.2, 0.25) is 0 Å². The molecule has 4 N–H and O–H groups in total. The Hall–Kier alpha value is -1.92. The highest BCUT2D eigenvalue weighted by molar-refractivity contribution is 5.73. The van der Waals surface area contributed by atoms with E-state index in [1.165, 1.54) is 0 Å². The van der Waals surface area contributed by atoms with Crippen molar-refractivity contribution in [1.29, 1.82) is 0 Å². The summed E-state index contributed by atoms with van der Waals surface area (Å²) in [5.41, 5.74) is -0.309. The first-order valence-electron chi connectivity index (χ1n) is 8.89. The van der Waals surface area contributed by atoms with Gasteiger partial charge in [-0.1, -0.05) is 37.3 Å². The molecule has 0 aromatic heterocycles. The van der Waals surface area contributed by atoms with Crippen LogP contribution in [0.3, 0.4) is 0 Å². The molecule has 3 atom stereocenters. The van der Waals surface area contributed by atoms with E-state index in [9.17, 15) is 19.8 Å². The number of carbonyl (C=O) groups is 2. The van der Waals surface area contributed by atoms with Gasteiger partial charge in [0.05, 0.1) is 23.0 Å². The van der Waals surface area contributed by atoms with Crippen molar-refractivity contribution in [3.8, 4) is 0 Å².